The van der Waals surface area contributed by atoms with Crippen LogP contribution in [-0.4, -0.2) is 94.1 Å². The third-order valence-corrected chi connectivity index (χ3v) is 18.0. The van der Waals surface area contributed by atoms with Gasteiger partial charge in [0.15, 0.2) is 17.7 Å². The largest absolute Gasteiger partial charge is 0.474 e. The highest BCUT2D eigenvalue weighted by Crippen LogP contribution is 2.53. The molecule has 4 heterocycles. The lowest BCUT2D eigenvalue weighted by atomic mass is 10.1. The molecule has 24 heteroatoms. The van der Waals surface area contributed by atoms with E-state index in [4.69, 9.17) is 43.4 Å². The van der Waals surface area contributed by atoms with E-state index in [1.807, 2.05) is 20.8 Å². The summed E-state index contributed by atoms with van der Waals surface area (Å²) in [5.74, 6) is -0.491. The Balaban J connectivity index is 1.47. The van der Waals surface area contributed by atoms with E-state index in [2.05, 4.69) is 27.2 Å². The Morgan fingerprint density at radius 2 is 1.87 bits per heavy atom. The van der Waals surface area contributed by atoms with Crippen LogP contribution in [0.2, 0.25) is 18.1 Å². The highest BCUT2D eigenvalue weighted by Gasteiger charge is 2.52. The lowest BCUT2D eigenvalue weighted by molar-refractivity contribution is -0.0462. The van der Waals surface area contributed by atoms with Crippen LogP contribution in [0.4, 0.5) is 4.39 Å². The SMILES string of the molecule is CCC[Si](O[C@H]1[C@@H](OP(O)(=S)OC[C@@H]2CC[C@H](Oc3ccncn3)C2)[C@H](n2cc(F)c3c(=O)n(C)cnc32)O[C@@H]1COP(=O)(O)S)O[Si](O)(CCC)CCC. The summed E-state index contributed by atoms with van der Waals surface area (Å²) >= 11 is 9.21. The van der Waals surface area contributed by atoms with Gasteiger partial charge in [-0.3, -0.25) is 13.8 Å². The average molecular weight is 885 g/mol. The van der Waals surface area contributed by atoms with Crippen molar-refractivity contribution in [3.05, 3.63) is 47.3 Å². The molecule has 2 fully saturated rings. The fourth-order valence-electron chi connectivity index (χ4n) is 6.77. The van der Waals surface area contributed by atoms with Gasteiger partial charge in [-0.2, -0.15) is 0 Å². The summed E-state index contributed by atoms with van der Waals surface area (Å²) in [4.78, 5) is 58.5. The van der Waals surface area contributed by atoms with Crippen molar-refractivity contribution in [3.63, 3.8) is 0 Å². The van der Waals surface area contributed by atoms with Crippen LogP contribution in [-0.2, 0) is 50.3 Å². The minimum absolute atomic E-state index is 0.0282. The molecule has 0 spiro atoms. The zero-order valence-corrected chi connectivity index (χ0v) is 36.5. The standard InChI is InChI=1S/C31H49FN5O12P2S2Si2/c1-5-12-54(49-55(42,13-6-2)14-7-3)48-27-24(18-43-50(39,40)52)46-31(37-16-23(32)26-29(37)35-20-36(4)30(26)38)28(27)47-51(41,53)44-17-21-8-9-22(15-21)45-25-10-11-33-19-34-25/h10-11,16,19-22,24,27-28,31,42H,5-9,12-15,17-18H2,1-4H3,(H,41,53)(H2,39,40,52)/t21-,22+,24-,27-,28-,31-,51?/m1/s1. The molecule has 307 valence electrons. The molecule has 3 aromatic rings. The molecule has 55 heavy (non-hydrogen) atoms. The van der Waals surface area contributed by atoms with Crippen LogP contribution >= 0.6 is 25.8 Å². The maximum absolute atomic E-state index is 15.5. The number of halogens is 1. The molecule has 5 rings (SSSR count). The molecule has 8 atom stereocenters. The van der Waals surface area contributed by atoms with Crippen molar-refractivity contribution in [1.29, 1.82) is 0 Å². The fourth-order valence-corrected chi connectivity index (χ4v) is 14.8. The Labute approximate surface area is 331 Å². The van der Waals surface area contributed by atoms with Crippen LogP contribution in [0.5, 0.6) is 5.88 Å². The molecule has 3 aromatic heterocycles. The summed E-state index contributed by atoms with van der Waals surface area (Å²) in [6.07, 6.45) is 3.87. The number of hydrogen-bond acceptors (Lipinski definition) is 14. The second-order valence-electron chi connectivity index (χ2n) is 13.6. The molecule has 0 bridgehead atoms. The lowest BCUT2D eigenvalue weighted by Crippen LogP contribution is -2.49. The van der Waals surface area contributed by atoms with Gasteiger partial charge in [0.05, 0.1) is 19.5 Å². The zero-order valence-electron chi connectivity index (χ0n) is 31.0. The van der Waals surface area contributed by atoms with Crippen molar-refractivity contribution in [1.82, 2.24) is 24.1 Å². The molecule has 0 amide bonds. The summed E-state index contributed by atoms with van der Waals surface area (Å²) in [6.45, 7) is -3.22. The smallest absolute Gasteiger partial charge is 0.383 e. The van der Waals surface area contributed by atoms with Crippen molar-refractivity contribution in [3.8, 4) is 5.88 Å². The summed E-state index contributed by atoms with van der Waals surface area (Å²) in [5, 5.41) is -0.325. The summed E-state index contributed by atoms with van der Waals surface area (Å²) in [6, 6.07) is 3.03. The third kappa shape index (κ3) is 12.0. The van der Waals surface area contributed by atoms with Crippen LogP contribution < -0.4 is 10.3 Å². The number of rotatable bonds is 21. The Morgan fingerprint density at radius 1 is 1.13 bits per heavy atom. The van der Waals surface area contributed by atoms with Crippen molar-refractivity contribution >= 4 is 66.4 Å². The normalized spacial score (nSPS) is 25.4. The molecule has 1 aliphatic heterocycles. The van der Waals surface area contributed by atoms with E-state index in [0.717, 1.165) is 17.2 Å². The number of fused-ring (bicyclic) bond motifs is 1. The molecule has 1 aliphatic carbocycles. The number of thiol groups is 1. The van der Waals surface area contributed by atoms with Gasteiger partial charge in [-0.05, 0) is 55.1 Å². The van der Waals surface area contributed by atoms with Gasteiger partial charge >= 0.3 is 31.4 Å². The average Bonchev–Trinajstić information content (AvgIpc) is 3.80. The Bertz CT molecular complexity index is 1880. The highest BCUT2D eigenvalue weighted by molar-refractivity contribution is 8.44. The Hall–Kier alpha value is -1.47. The second kappa shape index (κ2) is 19.5. The van der Waals surface area contributed by atoms with Crippen LogP contribution in [0.15, 0.2) is 35.9 Å². The number of ether oxygens (including phenoxy) is 2. The van der Waals surface area contributed by atoms with Crippen molar-refractivity contribution in [2.45, 2.75) is 108 Å². The molecule has 17 nitrogen and oxygen atoms in total. The minimum Gasteiger partial charge on any atom is -0.474 e. The van der Waals surface area contributed by atoms with E-state index in [0.29, 0.717) is 56.1 Å². The monoisotopic (exact) mass is 884 g/mol. The summed E-state index contributed by atoms with van der Waals surface area (Å²) in [7, 11) is -4.15. The van der Waals surface area contributed by atoms with Gasteiger partial charge in [0.1, 0.15) is 36.1 Å². The van der Waals surface area contributed by atoms with Gasteiger partial charge in [-0.25, -0.2) is 23.9 Å². The molecular formula is C31H49FN5O12P2S2Si2. The molecule has 0 aromatic carbocycles. The van der Waals surface area contributed by atoms with Crippen molar-refractivity contribution in [2.75, 3.05) is 13.2 Å². The van der Waals surface area contributed by atoms with Crippen LogP contribution in [0.1, 0.15) is 65.5 Å². The van der Waals surface area contributed by atoms with Crippen molar-refractivity contribution < 1.29 is 55.1 Å². The lowest BCUT2D eigenvalue weighted by Gasteiger charge is -2.33. The molecular weight excluding hydrogens is 836 g/mol. The van der Waals surface area contributed by atoms with Crippen LogP contribution in [0.3, 0.4) is 0 Å². The fraction of sp³-hybridized carbons (Fsp3) is 0.677. The van der Waals surface area contributed by atoms with Crippen molar-refractivity contribution in [2.24, 2.45) is 13.0 Å². The molecule has 1 saturated heterocycles. The number of nitrogens with zero attached hydrogens (tertiary/aromatic N) is 5. The first-order chi connectivity index (χ1) is 26.0. The molecule has 3 N–H and O–H groups in total. The second-order valence-corrected chi connectivity index (χ2v) is 24.4. The van der Waals surface area contributed by atoms with Crippen LogP contribution in [0.25, 0.3) is 11.0 Å². The van der Waals surface area contributed by atoms with Gasteiger partial charge in [0.25, 0.3) is 5.56 Å². The summed E-state index contributed by atoms with van der Waals surface area (Å²) < 4.78 is 72.8. The van der Waals surface area contributed by atoms with E-state index in [-0.39, 0.29) is 29.7 Å². The summed E-state index contributed by atoms with van der Waals surface area (Å²) in [5.41, 5.74) is -0.759. The maximum Gasteiger partial charge on any atom is 0.383 e. The Morgan fingerprint density at radius 3 is 2.53 bits per heavy atom. The van der Waals surface area contributed by atoms with Crippen LogP contribution in [0, 0.1) is 11.7 Å². The molecule has 2 aliphatic rings. The zero-order chi connectivity index (χ0) is 40.0. The highest BCUT2D eigenvalue weighted by atomic mass is 32.7. The number of aryl methyl sites for hydroxylation is 1. The number of hydrogen-bond donors (Lipinski definition) is 4. The van der Waals surface area contributed by atoms with Gasteiger partial charge in [0.2, 0.25) is 5.88 Å². The third-order valence-electron chi connectivity index (χ3n) is 9.18. The first-order valence-corrected chi connectivity index (χ1v) is 27.3. The van der Waals surface area contributed by atoms with E-state index in [9.17, 15) is 23.9 Å². The van der Waals surface area contributed by atoms with Gasteiger partial charge < -0.3 is 46.3 Å². The predicted molar refractivity (Wildman–Crippen MR) is 210 cm³/mol. The van der Waals surface area contributed by atoms with E-state index in [1.54, 1.807) is 12.3 Å². The van der Waals surface area contributed by atoms with Gasteiger partial charge in [0, 0.05) is 25.5 Å². The van der Waals surface area contributed by atoms with E-state index in [1.165, 1.54) is 24.3 Å². The van der Waals surface area contributed by atoms with E-state index >= 15 is 4.39 Å². The molecule has 2 unspecified atom stereocenters. The first kappa shape index (κ1) is 44.6. The first-order valence-electron chi connectivity index (χ1n) is 18.1. The van der Waals surface area contributed by atoms with Gasteiger partial charge in [-0.1, -0.05) is 52.3 Å². The van der Waals surface area contributed by atoms with Gasteiger partial charge in [-0.15, -0.1) is 0 Å². The Kier molecular flexibility index (Phi) is 15.8. The van der Waals surface area contributed by atoms with E-state index < -0.39 is 73.9 Å². The molecule has 1 radical (unpaired) electrons. The quantitative estimate of drug-likeness (QED) is 0.0629. The predicted octanol–water partition coefficient (Wildman–Crippen LogP) is 5.03. The molecule has 1 saturated carbocycles. The minimum atomic E-state index is -4.36. The topological polar surface area (TPSA) is 208 Å². The maximum atomic E-state index is 15.5. The number of aromatic nitrogens is 5.